The first-order valence-corrected chi connectivity index (χ1v) is 19.2. The van der Waals surface area contributed by atoms with E-state index in [-0.39, 0.29) is 43.7 Å². The Morgan fingerprint density at radius 2 is 1.60 bits per heavy atom. The number of fused-ring (bicyclic) bond motifs is 5. The van der Waals surface area contributed by atoms with E-state index >= 15 is 0 Å². The van der Waals surface area contributed by atoms with Gasteiger partial charge < -0.3 is 24.8 Å². The molecule has 50 heavy (non-hydrogen) atoms. The molecule has 0 bridgehead atoms. The highest BCUT2D eigenvalue weighted by molar-refractivity contribution is 5.95. The second kappa shape index (κ2) is 16.6. The summed E-state index contributed by atoms with van der Waals surface area (Å²) >= 11 is 0. The Morgan fingerprint density at radius 1 is 0.900 bits per heavy atom. The highest BCUT2D eigenvalue weighted by atomic mass is 16.6. The summed E-state index contributed by atoms with van der Waals surface area (Å²) in [5.74, 6) is 10.1. The Morgan fingerprint density at radius 3 is 2.28 bits per heavy atom. The van der Waals surface area contributed by atoms with Crippen LogP contribution in [0.2, 0.25) is 0 Å². The van der Waals surface area contributed by atoms with Crippen molar-refractivity contribution in [2.45, 2.75) is 111 Å². The van der Waals surface area contributed by atoms with E-state index in [1.165, 1.54) is 56.9 Å². The molecule has 1 aromatic rings. The van der Waals surface area contributed by atoms with Gasteiger partial charge in [-0.05, 0) is 103 Å². The van der Waals surface area contributed by atoms with Crippen molar-refractivity contribution in [3.63, 3.8) is 0 Å². The Kier molecular flexibility index (Phi) is 12.5. The van der Waals surface area contributed by atoms with E-state index in [2.05, 4.69) is 63.2 Å². The van der Waals surface area contributed by atoms with Gasteiger partial charge in [-0.15, -0.1) is 12.8 Å². The summed E-state index contributed by atoms with van der Waals surface area (Å²) < 4.78 is 16.9. The van der Waals surface area contributed by atoms with Gasteiger partial charge in [0.25, 0.3) is 5.91 Å². The van der Waals surface area contributed by atoms with Crippen molar-refractivity contribution in [2.75, 3.05) is 26.3 Å². The standard InChI is InChI=1S/C43H60N2O5/c1-8-23-48-34-25-31(26-35(28-34)49-24-9-2)40(46)44-21-22-45-41(47)50-33-17-19-42(6)32(27-33)13-14-36-38-16-15-37(30(5)12-10-11-29(3)4)43(38,7)20-18-39(36)42/h1-2,13,25-26,28-30,33,36-39H,10-12,14-24,27H2,3-7H3,(H,44,46)(H,45,47)/t30-,33+,36+,37-,38+,39+,42+,43-/m1/s1. The largest absolute Gasteiger partial charge is 0.481 e. The molecule has 0 aliphatic heterocycles. The van der Waals surface area contributed by atoms with Crippen LogP contribution in [0, 0.1) is 71.0 Å². The Balaban J connectivity index is 1.09. The Labute approximate surface area is 301 Å². The van der Waals surface area contributed by atoms with Gasteiger partial charge in [0.15, 0.2) is 0 Å². The van der Waals surface area contributed by atoms with Crippen molar-refractivity contribution in [3.8, 4) is 36.2 Å². The van der Waals surface area contributed by atoms with Crippen LogP contribution in [0.5, 0.6) is 11.5 Å². The molecule has 7 heteroatoms. The zero-order valence-corrected chi connectivity index (χ0v) is 31.2. The summed E-state index contributed by atoms with van der Waals surface area (Å²) in [7, 11) is 0. The number of nitrogens with one attached hydrogen (secondary N) is 2. The number of allylic oxidation sites excluding steroid dienone is 1. The number of amides is 2. The molecular formula is C43H60N2O5. The third-order valence-electron chi connectivity index (χ3n) is 13.0. The molecule has 0 spiro atoms. The molecule has 2 amide bonds. The van der Waals surface area contributed by atoms with Crippen molar-refractivity contribution in [1.82, 2.24) is 10.6 Å². The van der Waals surface area contributed by atoms with Crippen molar-refractivity contribution in [3.05, 3.63) is 35.4 Å². The topological polar surface area (TPSA) is 85.9 Å². The number of carbonyl (C=O) groups is 2. The second-order valence-corrected chi connectivity index (χ2v) is 16.4. The molecule has 4 aliphatic rings. The SMILES string of the molecule is C#CCOc1cc(OCC#C)cc(C(=O)NCCNC(=O)O[C@H]2CC[C@@]3(C)C(=CC[C@H]4[C@@H]5CC[C@H]([C@H](C)CCCC(C)C)[C@@]5(C)CC[C@@H]43)C2)c1. The van der Waals surface area contributed by atoms with Crippen LogP contribution in [0.4, 0.5) is 4.79 Å². The lowest BCUT2D eigenvalue weighted by Gasteiger charge is -2.58. The maximum Gasteiger partial charge on any atom is 0.407 e. The van der Waals surface area contributed by atoms with Crippen molar-refractivity contribution in [1.29, 1.82) is 0 Å². The third kappa shape index (κ3) is 8.47. The van der Waals surface area contributed by atoms with Crippen LogP contribution in [-0.4, -0.2) is 44.4 Å². The van der Waals surface area contributed by atoms with Gasteiger partial charge in [-0.25, -0.2) is 4.79 Å². The number of hydrogen-bond acceptors (Lipinski definition) is 5. The quantitative estimate of drug-likeness (QED) is 0.117. The minimum atomic E-state index is -0.440. The van der Waals surface area contributed by atoms with Crippen LogP contribution in [-0.2, 0) is 4.74 Å². The van der Waals surface area contributed by atoms with Gasteiger partial charge in [0.2, 0.25) is 0 Å². The molecule has 1 aromatic carbocycles. The first kappa shape index (κ1) is 37.7. The van der Waals surface area contributed by atoms with E-state index in [1.807, 2.05) is 0 Å². The average Bonchev–Trinajstić information content (AvgIpc) is 3.45. The van der Waals surface area contributed by atoms with Crippen LogP contribution >= 0.6 is 0 Å². The van der Waals surface area contributed by atoms with Gasteiger partial charge in [0.1, 0.15) is 30.8 Å². The predicted molar refractivity (Wildman–Crippen MR) is 199 cm³/mol. The molecule has 5 rings (SSSR count). The van der Waals surface area contributed by atoms with E-state index in [9.17, 15) is 9.59 Å². The van der Waals surface area contributed by atoms with E-state index in [1.54, 1.807) is 18.2 Å². The van der Waals surface area contributed by atoms with Crippen LogP contribution in [0.25, 0.3) is 0 Å². The second-order valence-electron chi connectivity index (χ2n) is 16.4. The smallest absolute Gasteiger partial charge is 0.407 e. The molecule has 7 nitrogen and oxygen atoms in total. The number of ether oxygens (including phenoxy) is 3. The molecule has 0 unspecified atom stereocenters. The summed E-state index contributed by atoms with van der Waals surface area (Å²) in [4.78, 5) is 25.7. The Bertz CT molecular complexity index is 1430. The lowest BCUT2D eigenvalue weighted by Crippen LogP contribution is -2.51. The minimum absolute atomic E-state index is 0.0584. The predicted octanol–water partition coefficient (Wildman–Crippen LogP) is 8.58. The van der Waals surface area contributed by atoms with Crippen LogP contribution < -0.4 is 20.1 Å². The maximum absolute atomic E-state index is 12.9. The molecule has 0 aromatic heterocycles. The first-order valence-electron chi connectivity index (χ1n) is 19.2. The van der Waals surface area contributed by atoms with Gasteiger partial charge in [-0.2, -0.15) is 0 Å². The minimum Gasteiger partial charge on any atom is -0.481 e. The summed E-state index contributed by atoms with van der Waals surface area (Å²) in [6, 6.07) is 4.80. The van der Waals surface area contributed by atoms with E-state index in [4.69, 9.17) is 27.1 Å². The number of rotatable bonds is 14. The van der Waals surface area contributed by atoms with Gasteiger partial charge in [-0.1, -0.05) is 77.4 Å². The number of carbonyl (C=O) groups excluding carboxylic acids is 2. The molecule has 272 valence electrons. The van der Waals surface area contributed by atoms with Gasteiger partial charge in [0.05, 0.1) is 0 Å². The summed E-state index contributed by atoms with van der Waals surface area (Å²) in [6.45, 7) is 13.0. The van der Waals surface area contributed by atoms with Crippen molar-refractivity contribution >= 4 is 12.0 Å². The molecule has 3 fully saturated rings. The molecule has 4 aliphatic carbocycles. The summed E-state index contributed by atoms with van der Waals surface area (Å²) in [5.41, 5.74) is 2.54. The zero-order chi connectivity index (χ0) is 35.9. The number of hydrogen-bond donors (Lipinski definition) is 2. The van der Waals surface area contributed by atoms with Gasteiger partial charge >= 0.3 is 6.09 Å². The van der Waals surface area contributed by atoms with E-state index in [0.717, 1.165) is 54.8 Å². The van der Waals surface area contributed by atoms with Crippen molar-refractivity contribution < 1.29 is 23.8 Å². The molecule has 0 heterocycles. The van der Waals surface area contributed by atoms with Gasteiger partial charge in [0, 0.05) is 31.1 Å². The summed E-state index contributed by atoms with van der Waals surface area (Å²) in [6.07, 6.45) is 26.2. The lowest BCUT2D eigenvalue weighted by atomic mass is 9.47. The zero-order valence-electron chi connectivity index (χ0n) is 31.2. The molecule has 0 saturated heterocycles. The average molecular weight is 685 g/mol. The fourth-order valence-electron chi connectivity index (χ4n) is 10.5. The molecule has 3 saturated carbocycles. The normalized spacial score (nSPS) is 30.3. The monoisotopic (exact) mass is 684 g/mol. The third-order valence-corrected chi connectivity index (χ3v) is 13.0. The Hall–Kier alpha value is -3.58. The highest BCUT2D eigenvalue weighted by Gasteiger charge is 2.59. The fourth-order valence-corrected chi connectivity index (χ4v) is 10.5. The fraction of sp³-hybridized carbons (Fsp3) is 0.674. The molecule has 8 atom stereocenters. The van der Waals surface area contributed by atoms with Crippen molar-refractivity contribution in [2.24, 2.45) is 46.3 Å². The van der Waals surface area contributed by atoms with Gasteiger partial charge in [-0.3, -0.25) is 4.79 Å². The number of benzene rings is 1. The first-order chi connectivity index (χ1) is 24.0. The number of terminal acetylenes is 2. The van der Waals surface area contributed by atoms with Crippen LogP contribution in [0.15, 0.2) is 29.8 Å². The van der Waals surface area contributed by atoms with E-state index < -0.39 is 6.09 Å². The van der Waals surface area contributed by atoms with Crippen LogP contribution in [0.1, 0.15) is 116 Å². The number of alkyl carbamates (subject to hydrolysis) is 1. The molecule has 2 N–H and O–H groups in total. The molecular weight excluding hydrogens is 624 g/mol. The van der Waals surface area contributed by atoms with E-state index in [0.29, 0.717) is 22.5 Å². The molecule has 0 radical (unpaired) electrons. The summed E-state index contributed by atoms with van der Waals surface area (Å²) in [5, 5.41) is 5.64. The highest BCUT2D eigenvalue weighted by Crippen LogP contribution is 2.67. The van der Waals surface area contributed by atoms with Crippen LogP contribution in [0.3, 0.4) is 0 Å². The maximum atomic E-state index is 12.9. The lowest BCUT2D eigenvalue weighted by molar-refractivity contribution is -0.0581.